The minimum atomic E-state index is -1.37. The molecule has 2 atom stereocenters. The monoisotopic (exact) mass is 227 g/mol. The van der Waals surface area contributed by atoms with Gasteiger partial charge in [-0.25, -0.2) is 4.79 Å². The zero-order chi connectivity index (χ0) is 12.1. The number of pyridine rings is 1. The number of aliphatic hydroxyl groups excluding tert-OH is 3. The van der Waals surface area contributed by atoms with Gasteiger partial charge in [-0.2, -0.15) is 0 Å². The second-order valence-corrected chi connectivity index (χ2v) is 3.29. The largest absolute Gasteiger partial charge is 0.478 e. The number of carbonyl (C=O) groups is 1. The summed E-state index contributed by atoms with van der Waals surface area (Å²) >= 11 is 0. The first kappa shape index (κ1) is 12.6. The van der Waals surface area contributed by atoms with Crippen LogP contribution >= 0.6 is 0 Å². The lowest BCUT2D eigenvalue weighted by Crippen LogP contribution is -2.21. The second kappa shape index (κ2) is 5.55. The highest BCUT2D eigenvalue weighted by atomic mass is 16.4. The molecular weight excluding hydrogens is 214 g/mol. The summed E-state index contributed by atoms with van der Waals surface area (Å²) in [6.07, 6.45) is -0.138. The summed E-state index contributed by atoms with van der Waals surface area (Å²) in [4.78, 5) is 14.5. The van der Waals surface area contributed by atoms with Crippen LogP contribution in [-0.4, -0.2) is 44.1 Å². The van der Waals surface area contributed by atoms with E-state index in [1.807, 2.05) is 0 Å². The Balaban J connectivity index is 2.98. The van der Waals surface area contributed by atoms with Crippen LogP contribution in [0, 0.1) is 0 Å². The fourth-order valence-corrected chi connectivity index (χ4v) is 1.33. The Hall–Kier alpha value is -1.50. The molecule has 0 fully saturated rings. The highest BCUT2D eigenvalue weighted by Crippen LogP contribution is 2.21. The van der Waals surface area contributed by atoms with Crippen LogP contribution in [0.5, 0.6) is 0 Å². The summed E-state index contributed by atoms with van der Waals surface area (Å²) in [5, 5.41) is 36.6. The Bertz CT molecular complexity index is 368. The molecule has 6 heteroatoms. The highest BCUT2D eigenvalue weighted by Gasteiger charge is 2.23. The molecule has 1 heterocycles. The molecule has 0 aliphatic rings. The summed E-state index contributed by atoms with van der Waals surface area (Å²) in [5.74, 6) is -1.20. The number of carboxylic acids is 1. The minimum absolute atomic E-state index is 0.0326. The molecule has 0 aliphatic carbocycles. The molecule has 1 rings (SSSR count). The Morgan fingerprint density at radius 3 is 2.69 bits per heavy atom. The Kier molecular flexibility index (Phi) is 4.36. The molecule has 0 bridgehead atoms. The van der Waals surface area contributed by atoms with E-state index in [-0.39, 0.29) is 24.2 Å². The fourth-order valence-electron chi connectivity index (χ4n) is 1.33. The van der Waals surface area contributed by atoms with E-state index < -0.39 is 18.2 Å². The molecule has 1 aromatic rings. The van der Waals surface area contributed by atoms with Gasteiger partial charge in [0, 0.05) is 24.6 Å². The van der Waals surface area contributed by atoms with Crippen molar-refractivity contribution in [3.8, 4) is 0 Å². The zero-order valence-electron chi connectivity index (χ0n) is 8.45. The van der Waals surface area contributed by atoms with Gasteiger partial charge in [0.1, 0.15) is 6.10 Å². The summed E-state index contributed by atoms with van der Waals surface area (Å²) in [5.41, 5.74) is -0.0737. The molecule has 0 radical (unpaired) electrons. The number of rotatable bonds is 5. The first-order chi connectivity index (χ1) is 7.57. The maximum atomic E-state index is 10.8. The van der Waals surface area contributed by atoms with Gasteiger partial charge in [0.2, 0.25) is 0 Å². The van der Waals surface area contributed by atoms with Crippen molar-refractivity contribution in [3.05, 3.63) is 29.6 Å². The Morgan fingerprint density at radius 2 is 2.12 bits per heavy atom. The molecule has 2 unspecified atom stereocenters. The molecule has 0 spiro atoms. The summed E-state index contributed by atoms with van der Waals surface area (Å²) in [6, 6.07) is 1.24. The number of hydrogen-bond donors (Lipinski definition) is 4. The lowest BCUT2D eigenvalue weighted by Gasteiger charge is -2.18. The summed E-state index contributed by atoms with van der Waals surface area (Å²) in [7, 11) is 0. The van der Waals surface area contributed by atoms with E-state index in [0.29, 0.717) is 0 Å². The van der Waals surface area contributed by atoms with Crippen molar-refractivity contribution in [2.24, 2.45) is 0 Å². The first-order valence-electron chi connectivity index (χ1n) is 4.72. The molecule has 88 valence electrons. The molecule has 0 aliphatic heterocycles. The third-order valence-electron chi connectivity index (χ3n) is 2.19. The van der Waals surface area contributed by atoms with Crippen LogP contribution in [0.15, 0.2) is 18.5 Å². The molecule has 0 amide bonds. The van der Waals surface area contributed by atoms with Gasteiger partial charge in [-0.3, -0.25) is 4.98 Å². The van der Waals surface area contributed by atoms with Crippen LogP contribution in [0.3, 0.4) is 0 Å². The van der Waals surface area contributed by atoms with E-state index >= 15 is 0 Å². The quantitative estimate of drug-likeness (QED) is 0.542. The maximum Gasteiger partial charge on any atom is 0.336 e. The van der Waals surface area contributed by atoms with Gasteiger partial charge < -0.3 is 20.4 Å². The van der Waals surface area contributed by atoms with Crippen molar-refractivity contribution in [2.75, 3.05) is 6.61 Å². The van der Waals surface area contributed by atoms with Gasteiger partial charge in [0.15, 0.2) is 0 Å². The van der Waals surface area contributed by atoms with Gasteiger partial charge >= 0.3 is 5.97 Å². The normalized spacial score (nSPS) is 14.4. The summed E-state index contributed by atoms with van der Waals surface area (Å²) < 4.78 is 0. The van der Waals surface area contributed by atoms with Gasteiger partial charge in [-0.15, -0.1) is 0 Å². The topological polar surface area (TPSA) is 111 Å². The van der Waals surface area contributed by atoms with Crippen molar-refractivity contribution in [3.63, 3.8) is 0 Å². The van der Waals surface area contributed by atoms with Crippen LogP contribution in [0.4, 0.5) is 0 Å². The zero-order valence-corrected chi connectivity index (χ0v) is 8.45. The fraction of sp³-hybridized carbons (Fsp3) is 0.400. The van der Waals surface area contributed by atoms with Gasteiger partial charge in [-0.05, 0) is 12.5 Å². The molecule has 4 N–H and O–H groups in total. The van der Waals surface area contributed by atoms with Crippen LogP contribution in [0.25, 0.3) is 0 Å². The van der Waals surface area contributed by atoms with E-state index in [9.17, 15) is 15.0 Å². The van der Waals surface area contributed by atoms with Crippen LogP contribution < -0.4 is 0 Å². The standard InChI is InChI=1S/C10H13NO5/c12-4-2-8(13)9(14)7-5-11-3-1-6(7)10(15)16/h1,3,5,8-9,12-14H,2,4H2,(H,15,16). The van der Waals surface area contributed by atoms with E-state index in [0.717, 1.165) is 0 Å². The van der Waals surface area contributed by atoms with Crippen molar-refractivity contribution in [2.45, 2.75) is 18.6 Å². The van der Waals surface area contributed by atoms with Crippen molar-refractivity contribution in [1.29, 1.82) is 0 Å². The first-order valence-corrected chi connectivity index (χ1v) is 4.72. The smallest absolute Gasteiger partial charge is 0.336 e. The number of aliphatic hydroxyl groups is 3. The molecule has 6 nitrogen and oxygen atoms in total. The molecule has 1 aromatic heterocycles. The van der Waals surface area contributed by atoms with Gasteiger partial charge in [0.25, 0.3) is 0 Å². The number of hydrogen-bond acceptors (Lipinski definition) is 5. The number of aromatic nitrogens is 1. The Morgan fingerprint density at radius 1 is 1.44 bits per heavy atom. The molecular formula is C10H13NO5. The second-order valence-electron chi connectivity index (χ2n) is 3.29. The average Bonchev–Trinajstić information content (AvgIpc) is 2.28. The predicted octanol–water partition coefficient (Wildman–Crippen LogP) is -0.444. The molecule has 16 heavy (non-hydrogen) atoms. The van der Waals surface area contributed by atoms with Gasteiger partial charge in [0.05, 0.1) is 11.7 Å². The van der Waals surface area contributed by atoms with Crippen molar-refractivity contribution in [1.82, 2.24) is 4.98 Å². The lowest BCUT2D eigenvalue weighted by atomic mass is 9.99. The maximum absolute atomic E-state index is 10.8. The summed E-state index contributed by atoms with van der Waals surface area (Å²) in [6.45, 7) is -0.291. The predicted molar refractivity (Wildman–Crippen MR) is 53.9 cm³/mol. The SMILES string of the molecule is O=C(O)c1ccncc1C(O)C(O)CCO. The lowest BCUT2D eigenvalue weighted by molar-refractivity contribution is 0.00332. The van der Waals surface area contributed by atoms with Crippen molar-refractivity contribution >= 4 is 5.97 Å². The third-order valence-corrected chi connectivity index (χ3v) is 2.19. The minimum Gasteiger partial charge on any atom is -0.478 e. The van der Waals surface area contributed by atoms with E-state index in [1.54, 1.807) is 0 Å². The van der Waals surface area contributed by atoms with Crippen LogP contribution in [0.1, 0.15) is 28.4 Å². The van der Waals surface area contributed by atoms with E-state index in [2.05, 4.69) is 4.98 Å². The van der Waals surface area contributed by atoms with Gasteiger partial charge in [-0.1, -0.05) is 0 Å². The Labute approximate surface area is 91.8 Å². The molecule has 0 aromatic carbocycles. The average molecular weight is 227 g/mol. The third kappa shape index (κ3) is 2.75. The van der Waals surface area contributed by atoms with E-state index in [1.165, 1.54) is 18.5 Å². The molecule has 0 saturated carbocycles. The van der Waals surface area contributed by atoms with Crippen LogP contribution in [-0.2, 0) is 0 Å². The molecule has 0 saturated heterocycles. The number of nitrogens with zero attached hydrogens (tertiary/aromatic N) is 1. The van der Waals surface area contributed by atoms with Crippen LogP contribution in [0.2, 0.25) is 0 Å². The van der Waals surface area contributed by atoms with E-state index in [4.69, 9.17) is 10.2 Å². The number of carboxylic acid groups (broad SMARTS) is 1. The highest BCUT2D eigenvalue weighted by molar-refractivity contribution is 5.89. The number of aromatic carboxylic acids is 1. The van der Waals surface area contributed by atoms with Crippen molar-refractivity contribution < 1.29 is 25.2 Å².